The number of hydrogen-bond acceptors (Lipinski definition) is 5. The predicted octanol–water partition coefficient (Wildman–Crippen LogP) is 1.96. The van der Waals surface area contributed by atoms with Gasteiger partial charge >= 0.3 is 0 Å². The van der Waals surface area contributed by atoms with Crippen LogP contribution in [0.3, 0.4) is 0 Å². The number of furan rings is 1. The van der Waals surface area contributed by atoms with Gasteiger partial charge in [0.25, 0.3) is 0 Å². The number of anilines is 1. The Morgan fingerprint density at radius 3 is 2.79 bits per heavy atom. The van der Waals surface area contributed by atoms with Crippen molar-refractivity contribution in [2.24, 2.45) is 0 Å². The maximum atomic E-state index is 5.31. The van der Waals surface area contributed by atoms with Crippen LogP contribution in [0.4, 0.5) is 5.95 Å². The van der Waals surface area contributed by atoms with Crippen LogP contribution in [-0.2, 0) is 13.1 Å². The minimum atomic E-state index is 0.673. The fraction of sp³-hybridized carbons (Fsp3) is 0.429. The van der Waals surface area contributed by atoms with Crippen molar-refractivity contribution in [1.29, 1.82) is 0 Å². The van der Waals surface area contributed by atoms with Crippen LogP contribution in [0.5, 0.6) is 0 Å². The number of nitrogens with one attached hydrogen (secondary N) is 1. The molecule has 0 atom stereocenters. The lowest BCUT2D eigenvalue weighted by molar-refractivity contribution is 0.506. The Hall–Kier alpha value is -1.88. The molecule has 1 saturated carbocycles. The summed E-state index contributed by atoms with van der Waals surface area (Å²) in [4.78, 5) is 10.8. The van der Waals surface area contributed by atoms with Crippen molar-refractivity contribution < 1.29 is 4.42 Å². The molecule has 0 amide bonds. The summed E-state index contributed by atoms with van der Waals surface area (Å²) in [6.45, 7) is 1.53. The molecule has 1 fully saturated rings. The summed E-state index contributed by atoms with van der Waals surface area (Å²) < 4.78 is 5.31. The second kappa shape index (κ2) is 5.40. The standard InChI is InChI=1S/C14H18N4O/c1-18(10-13-3-2-6-19-13)14-16-8-11(9-17-14)7-15-12-4-5-12/h2-3,6,8-9,12,15H,4-5,7,10H2,1H3. The van der Waals surface area contributed by atoms with Crippen molar-refractivity contribution in [1.82, 2.24) is 15.3 Å². The van der Waals surface area contributed by atoms with Crippen molar-refractivity contribution in [2.75, 3.05) is 11.9 Å². The minimum absolute atomic E-state index is 0.673. The molecule has 1 N–H and O–H groups in total. The van der Waals surface area contributed by atoms with Crippen molar-refractivity contribution in [3.05, 3.63) is 42.1 Å². The van der Waals surface area contributed by atoms with Gasteiger partial charge in [0, 0.05) is 37.6 Å². The van der Waals surface area contributed by atoms with Crippen molar-refractivity contribution in [3.63, 3.8) is 0 Å². The van der Waals surface area contributed by atoms with E-state index >= 15 is 0 Å². The zero-order valence-corrected chi connectivity index (χ0v) is 11.0. The molecule has 2 heterocycles. The van der Waals surface area contributed by atoms with Gasteiger partial charge in [0.15, 0.2) is 0 Å². The van der Waals surface area contributed by atoms with E-state index < -0.39 is 0 Å². The van der Waals surface area contributed by atoms with Crippen LogP contribution in [0.25, 0.3) is 0 Å². The van der Waals surface area contributed by atoms with Crippen LogP contribution in [-0.4, -0.2) is 23.1 Å². The first-order valence-electron chi connectivity index (χ1n) is 6.59. The Labute approximate surface area is 112 Å². The molecular formula is C14H18N4O. The summed E-state index contributed by atoms with van der Waals surface area (Å²) in [6.07, 6.45) is 8.04. The Morgan fingerprint density at radius 2 is 2.16 bits per heavy atom. The van der Waals surface area contributed by atoms with Crippen LogP contribution in [0.2, 0.25) is 0 Å². The molecule has 100 valence electrons. The molecule has 3 rings (SSSR count). The third kappa shape index (κ3) is 3.32. The zero-order valence-electron chi connectivity index (χ0n) is 11.0. The third-order valence-electron chi connectivity index (χ3n) is 3.18. The second-order valence-corrected chi connectivity index (χ2v) is 4.98. The molecule has 2 aromatic heterocycles. The monoisotopic (exact) mass is 258 g/mol. The van der Waals surface area contributed by atoms with E-state index in [9.17, 15) is 0 Å². The van der Waals surface area contributed by atoms with Crippen LogP contribution < -0.4 is 10.2 Å². The summed E-state index contributed by atoms with van der Waals surface area (Å²) in [5, 5.41) is 3.45. The zero-order chi connectivity index (χ0) is 13.1. The molecule has 0 radical (unpaired) electrons. The second-order valence-electron chi connectivity index (χ2n) is 4.98. The number of hydrogen-bond donors (Lipinski definition) is 1. The number of aromatic nitrogens is 2. The molecule has 5 nitrogen and oxygen atoms in total. The number of rotatable bonds is 6. The fourth-order valence-corrected chi connectivity index (χ4v) is 1.89. The van der Waals surface area contributed by atoms with Gasteiger partial charge in [0.05, 0.1) is 12.8 Å². The molecule has 1 aliphatic rings. The van der Waals surface area contributed by atoms with E-state index in [0.717, 1.165) is 17.9 Å². The van der Waals surface area contributed by atoms with E-state index in [2.05, 4.69) is 15.3 Å². The quantitative estimate of drug-likeness (QED) is 0.858. The lowest BCUT2D eigenvalue weighted by Crippen LogP contribution is -2.20. The summed E-state index contributed by atoms with van der Waals surface area (Å²) in [7, 11) is 1.96. The van der Waals surface area contributed by atoms with Gasteiger partial charge in [-0.1, -0.05) is 0 Å². The minimum Gasteiger partial charge on any atom is -0.467 e. The first-order valence-corrected chi connectivity index (χ1v) is 6.59. The molecule has 0 aliphatic heterocycles. The molecular weight excluding hydrogens is 240 g/mol. The average molecular weight is 258 g/mol. The van der Waals surface area contributed by atoms with Crippen LogP contribution >= 0.6 is 0 Å². The third-order valence-corrected chi connectivity index (χ3v) is 3.18. The van der Waals surface area contributed by atoms with Crippen LogP contribution in [0.15, 0.2) is 35.2 Å². The molecule has 0 saturated heterocycles. The summed E-state index contributed by atoms with van der Waals surface area (Å²) in [5.41, 5.74) is 1.13. The van der Waals surface area contributed by atoms with E-state index in [-0.39, 0.29) is 0 Å². The van der Waals surface area contributed by atoms with Gasteiger partial charge in [-0.2, -0.15) is 0 Å². The van der Waals surface area contributed by atoms with Gasteiger partial charge in [0.2, 0.25) is 5.95 Å². The first kappa shape index (κ1) is 12.2. The lowest BCUT2D eigenvalue weighted by Gasteiger charge is -2.15. The summed E-state index contributed by atoms with van der Waals surface area (Å²) in [5.74, 6) is 1.62. The fourth-order valence-electron chi connectivity index (χ4n) is 1.89. The highest BCUT2D eigenvalue weighted by atomic mass is 16.3. The van der Waals surface area contributed by atoms with Crippen molar-refractivity contribution in [3.8, 4) is 0 Å². The maximum absolute atomic E-state index is 5.31. The smallest absolute Gasteiger partial charge is 0.225 e. The maximum Gasteiger partial charge on any atom is 0.225 e. The topological polar surface area (TPSA) is 54.2 Å². The Morgan fingerprint density at radius 1 is 1.37 bits per heavy atom. The molecule has 0 aromatic carbocycles. The van der Waals surface area contributed by atoms with Gasteiger partial charge in [-0.05, 0) is 25.0 Å². The van der Waals surface area contributed by atoms with Gasteiger partial charge in [0.1, 0.15) is 5.76 Å². The lowest BCUT2D eigenvalue weighted by atomic mass is 10.3. The molecule has 0 bridgehead atoms. The molecule has 1 aliphatic carbocycles. The highest BCUT2D eigenvalue weighted by Gasteiger charge is 2.20. The first-order chi connectivity index (χ1) is 9.31. The average Bonchev–Trinajstić information content (AvgIpc) is 3.13. The largest absolute Gasteiger partial charge is 0.467 e. The van der Waals surface area contributed by atoms with Gasteiger partial charge < -0.3 is 14.6 Å². The Bertz CT molecular complexity index is 505. The van der Waals surface area contributed by atoms with Crippen molar-refractivity contribution in [2.45, 2.75) is 32.0 Å². The van der Waals surface area contributed by atoms with Crippen LogP contribution in [0.1, 0.15) is 24.2 Å². The van der Waals surface area contributed by atoms with Gasteiger partial charge in [-0.15, -0.1) is 0 Å². The van der Waals surface area contributed by atoms with E-state index in [1.165, 1.54) is 12.8 Å². The van der Waals surface area contributed by atoms with Crippen molar-refractivity contribution >= 4 is 5.95 Å². The molecule has 19 heavy (non-hydrogen) atoms. The molecule has 0 unspecified atom stereocenters. The Balaban J connectivity index is 1.57. The molecule has 2 aromatic rings. The van der Waals surface area contributed by atoms with Crippen LogP contribution in [0, 0.1) is 0 Å². The summed E-state index contributed by atoms with van der Waals surface area (Å²) in [6, 6.07) is 4.54. The SMILES string of the molecule is CN(Cc1ccco1)c1ncc(CNC2CC2)cn1. The molecule has 5 heteroatoms. The number of nitrogens with zero attached hydrogens (tertiary/aromatic N) is 3. The van der Waals surface area contributed by atoms with E-state index in [1.54, 1.807) is 6.26 Å². The van der Waals surface area contributed by atoms with Gasteiger partial charge in [-0.3, -0.25) is 0 Å². The summed E-state index contributed by atoms with van der Waals surface area (Å²) >= 11 is 0. The highest BCUT2D eigenvalue weighted by Crippen LogP contribution is 2.19. The van der Waals surface area contributed by atoms with Gasteiger partial charge in [-0.25, -0.2) is 9.97 Å². The highest BCUT2D eigenvalue weighted by molar-refractivity contribution is 5.29. The van der Waals surface area contributed by atoms with E-state index in [0.29, 0.717) is 18.5 Å². The predicted molar refractivity (Wildman–Crippen MR) is 72.7 cm³/mol. The van der Waals surface area contributed by atoms with E-state index in [1.807, 2.05) is 36.5 Å². The van der Waals surface area contributed by atoms with E-state index in [4.69, 9.17) is 4.42 Å². The normalized spacial score (nSPS) is 14.6. The molecule has 0 spiro atoms. The Kier molecular flexibility index (Phi) is 3.46.